The molecule has 0 amide bonds. The van der Waals surface area contributed by atoms with E-state index in [1.165, 1.54) is 12.1 Å². The molecule has 0 radical (unpaired) electrons. The molecule has 4 nitrogen and oxygen atoms in total. The number of aliphatic hydroxyl groups excluding tert-OH is 1. The lowest BCUT2D eigenvalue weighted by atomic mass is 9.69. The highest BCUT2D eigenvalue weighted by atomic mass is 35.5. The number of aromatic nitrogens is 1. The van der Waals surface area contributed by atoms with E-state index < -0.39 is 0 Å². The predicted octanol–water partition coefficient (Wildman–Crippen LogP) is 3.17. The zero-order valence-corrected chi connectivity index (χ0v) is 14.8. The van der Waals surface area contributed by atoms with Gasteiger partial charge in [0.1, 0.15) is 0 Å². The average Bonchev–Trinajstić information content (AvgIpc) is 2.61. The number of halogens is 1. The Labute approximate surface area is 148 Å². The molecule has 1 N–H and O–H groups in total. The minimum atomic E-state index is 0.0595. The average molecular weight is 346 g/mol. The zero-order valence-electron chi connectivity index (χ0n) is 14.1. The molecule has 2 aromatic rings. The summed E-state index contributed by atoms with van der Waals surface area (Å²) in [5.41, 5.74) is 2.24. The van der Waals surface area contributed by atoms with E-state index in [4.69, 9.17) is 11.6 Å². The summed E-state index contributed by atoms with van der Waals surface area (Å²) in [5, 5.41) is 11.9. The summed E-state index contributed by atoms with van der Waals surface area (Å²) in [5.74, 6) is 0. The zero-order chi connectivity index (χ0) is 16.7. The van der Waals surface area contributed by atoms with Gasteiger partial charge in [0, 0.05) is 46.8 Å². The van der Waals surface area contributed by atoms with Crippen molar-refractivity contribution in [3.05, 3.63) is 35.5 Å². The first-order valence-electron chi connectivity index (χ1n) is 8.73. The van der Waals surface area contributed by atoms with Crippen molar-refractivity contribution in [2.75, 3.05) is 38.2 Å². The molecule has 0 spiro atoms. The Hall–Kier alpha value is -1.36. The molecule has 128 valence electrons. The van der Waals surface area contributed by atoms with E-state index in [0.29, 0.717) is 12.6 Å². The number of nitrogens with zero attached hydrogens (tertiary/aromatic N) is 3. The van der Waals surface area contributed by atoms with Crippen molar-refractivity contribution in [2.24, 2.45) is 5.41 Å². The van der Waals surface area contributed by atoms with Crippen LogP contribution >= 0.6 is 11.6 Å². The number of pyridine rings is 1. The third-order valence-corrected chi connectivity index (χ3v) is 6.27. The highest BCUT2D eigenvalue weighted by molar-refractivity contribution is 6.31. The highest BCUT2D eigenvalue weighted by Crippen LogP contribution is 2.43. The number of benzene rings is 1. The van der Waals surface area contributed by atoms with Crippen LogP contribution in [-0.4, -0.2) is 54.3 Å². The maximum absolute atomic E-state index is 10.1. The Morgan fingerprint density at radius 2 is 2.17 bits per heavy atom. The molecule has 5 heteroatoms. The molecule has 2 atom stereocenters. The number of likely N-dealkylation sites (N-methyl/N-ethyl adjacent to an activating group) is 1. The third kappa shape index (κ3) is 2.57. The predicted molar refractivity (Wildman–Crippen MR) is 98.8 cm³/mol. The molecule has 0 bridgehead atoms. The van der Waals surface area contributed by atoms with Gasteiger partial charge in [0.2, 0.25) is 0 Å². The largest absolute Gasteiger partial charge is 0.396 e. The first kappa shape index (κ1) is 16.1. The number of fused-ring (bicyclic) bond motifs is 2. The SMILES string of the molecule is CN1CCC[C@]2(CO)CCN(c3ccnc4ccc(Cl)cc34)C[C@@H]12. The van der Waals surface area contributed by atoms with Crippen molar-refractivity contribution in [2.45, 2.75) is 25.3 Å². The van der Waals surface area contributed by atoms with E-state index >= 15 is 0 Å². The minimum Gasteiger partial charge on any atom is -0.396 e. The summed E-state index contributed by atoms with van der Waals surface area (Å²) in [6.07, 6.45) is 5.23. The quantitative estimate of drug-likeness (QED) is 0.907. The fourth-order valence-corrected chi connectivity index (χ4v) is 4.79. The molecule has 2 aliphatic rings. The Bertz CT molecular complexity index is 752. The molecule has 0 saturated carbocycles. The van der Waals surface area contributed by atoms with Crippen molar-refractivity contribution in [3.8, 4) is 0 Å². The van der Waals surface area contributed by atoms with E-state index in [1.54, 1.807) is 0 Å². The molecule has 4 rings (SSSR count). The second-order valence-electron chi connectivity index (χ2n) is 7.31. The van der Waals surface area contributed by atoms with E-state index in [-0.39, 0.29) is 5.41 Å². The molecular weight excluding hydrogens is 322 g/mol. The van der Waals surface area contributed by atoms with Gasteiger partial charge in [0.25, 0.3) is 0 Å². The molecule has 1 aromatic carbocycles. The van der Waals surface area contributed by atoms with Crippen LogP contribution in [0.2, 0.25) is 5.02 Å². The molecule has 2 aliphatic heterocycles. The molecule has 24 heavy (non-hydrogen) atoms. The van der Waals surface area contributed by atoms with Gasteiger partial charge >= 0.3 is 0 Å². The summed E-state index contributed by atoms with van der Waals surface area (Å²) >= 11 is 6.22. The van der Waals surface area contributed by atoms with E-state index in [0.717, 1.165) is 48.4 Å². The number of piperidine rings is 2. The first-order valence-corrected chi connectivity index (χ1v) is 9.11. The van der Waals surface area contributed by atoms with Crippen molar-refractivity contribution >= 4 is 28.2 Å². The lowest BCUT2D eigenvalue weighted by Gasteiger charge is -2.54. The Morgan fingerprint density at radius 3 is 3.00 bits per heavy atom. The standard InChI is InChI=1S/C19H24ClN3O/c1-22-9-2-6-19(13-24)7-10-23(12-18(19)22)17-5-8-21-16-4-3-14(20)11-15(16)17/h3-5,8,11,18,24H,2,6-7,9-10,12-13H2,1H3/t18-,19-/m1/s1. The van der Waals surface area contributed by atoms with Crippen molar-refractivity contribution in [3.63, 3.8) is 0 Å². The van der Waals surface area contributed by atoms with Gasteiger partial charge in [0.15, 0.2) is 0 Å². The second kappa shape index (κ2) is 6.17. The van der Waals surface area contributed by atoms with Crippen LogP contribution in [0, 0.1) is 5.41 Å². The van der Waals surface area contributed by atoms with Gasteiger partial charge in [-0.15, -0.1) is 0 Å². The summed E-state index contributed by atoms with van der Waals surface area (Å²) in [6, 6.07) is 8.37. The first-order chi connectivity index (χ1) is 11.6. The Balaban J connectivity index is 1.70. The van der Waals surface area contributed by atoms with Gasteiger partial charge in [-0.3, -0.25) is 4.98 Å². The van der Waals surface area contributed by atoms with E-state index in [2.05, 4.69) is 27.9 Å². The molecular formula is C19H24ClN3O. The summed E-state index contributed by atoms with van der Waals surface area (Å²) in [4.78, 5) is 9.35. The second-order valence-corrected chi connectivity index (χ2v) is 7.74. The van der Waals surface area contributed by atoms with Gasteiger partial charge in [-0.25, -0.2) is 0 Å². The van der Waals surface area contributed by atoms with Crippen LogP contribution < -0.4 is 4.90 Å². The minimum absolute atomic E-state index is 0.0595. The maximum Gasteiger partial charge on any atom is 0.0723 e. The van der Waals surface area contributed by atoms with Crippen LogP contribution in [0.4, 0.5) is 5.69 Å². The fraction of sp³-hybridized carbons (Fsp3) is 0.526. The van der Waals surface area contributed by atoms with Crippen molar-refractivity contribution in [1.29, 1.82) is 0 Å². The summed E-state index contributed by atoms with van der Waals surface area (Å²) in [6.45, 7) is 3.32. The fourth-order valence-electron chi connectivity index (χ4n) is 4.61. The van der Waals surface area contributed by atoms with Gasteiger partial charge in [-0.1, -0.05) is 11.6 Å². The molecule has 1 aromatic heterocycles. The lowest BCUT2D eigenvalue weighted by Crippen LogP contribution is -2.61. The number of aliphatic hydroxyl groups is 1. The van der Waals surface area contributed by atoms with Gasteiger partial charge < -0.3 is 14.9 Å². The number of likely N-dealkylation sites (tertiary alicyclic amines) is 1. The van der Waals surface area contributed by atoms with Crippen LogP contribution in [0.3, 0.4) is 0 Å². The van der Waals surface area contributed by atoms with Crippen LogP contribution in [-0.2, 0) is 0 Å². The number of hydrogen-bond acceptors (Lipinski definition) is 4. The van der Waals surface area contributed by atoms with Crippen LogP contribution in [0.5, 0.6) is 0 Å². The van der Waals surface area contributed by atoms with Gasteiger partial charge in [-0.05, 0) is 57.1 Å². The Kier molecular flexibility index (Phi) is 4.15. The monoisotopic (exact) mass is 345 g/mol. The topological polar surface area (TPSA) is 39.6 Å². The normalized spacial score (nSPS) is 28.1. The van der Waals surface area contributed by atoms with Gasteiger partial charge in [-0.2, -0.15) is 0 Å². The number of anilines is 1. The Morgan fingerprint density at radius 1 is 1.29 bits per heavy atom. The molecule has 2 fully saturated rings. The van der Waals surface area contributed by atoms with Crippen LogP contribution in [0.1, 0.15) is 19.3 Å². The maximum atomic E-state index is 10.1. The van der Waals surface area contributed by atoms with E-state index in [1.807, 2.05) is 24.4 Å². The van der Waals surface area contributed by atoms with Crippen LogP contribution in [0.15, 0.2) is 30.5 Å². The van der Waals surface area contributed by atoms with Crippen LogP contribution in [0.25, 0.3) is 10.9 Å². The summed E-state index contributed by atoms with van der Waals surface area (Å²) in [7, 11) is 2.19. The molecule has 2 saturated heterocycles. The van der Waals surface area contributed by atoms with Crippen molar-refractivity contribution in [1.82, 2.24) is 9.88 Å². The lowest BCUT2D eigenvalue weighted by molar-refractivity contribution is -0.0275. The molecule has 0 unspecified atom stereocenters. The van der Waals surface area contributed by atoms with E-state index in [9.17, 15) is 5.11 Å². The third-order valence-electron chi connectivity index (χ3n) is 6.03. The highest BCUT2D eigenvalue weighted by Gasteiger charge is 2.46. The van der Waals surface area contributed by atoms with Crippen molar-refractivity contribution < 1.29 is 5.11 Å². The summed E-state index contributed by atoms with van der Waals surface area (Å²) < 4.78 is 0. The smallest absolute Gasteiger partial charge is 0.0723 e. The number of hydrogen-bond donors (Lipinski definition) is 1. The molecule has 3 heterocycles. The van der Waals surface area contributed by atoms with Gasteiger partial charge in [0.05, 0.1) is 12.1 Å². The number of rotatable bonds is 2. The molecule has 0 aliphatic carbocycles.